The molecule has 1 aliphatic heterocycles. The predicted molar refractivity (Wildman–Crippen MR) is 88.0 cm³/mol. The van der Waals surface area contributed by atoms with Gasteiger partial charge in [0.15, 0.2) is 5.82 Å². The van der Waals surface area contributed by atoms with Crippen molar-refractivity contribution in [2.75, 3.05) is 13.1 Å². The number of rotatable bonds is 4. The molecule has 0 aliphatic carbocycles. The van der Waals surface area contributed by atoms with E-state index in [4.69, 9.17) is 4.74 Å². The number of amides is 2. The molecule has 0 saturated carbocycles. The minimum Gasteiger partial charge on any atom is -0.473 e. The lowest BCUT2D eigenvalue weighted by molar-refractivity contribution is 0.106. The second kappa shape index (κ2) is 7.29. The zero-order valence-corrected chi connectivity index (χ0v) is 13.9. The van der Waals surface area contributed by atoms with Crippen LogP contribution in [0.1, 0.15) is 26.7 Å². The van der Waals surface area contributed by atoms with E-state index in [0.29, 0.717) is 24.8 Å². The van der Waals surface area contributed by atoms with Gasteiger partial charge in [-0.2, -0.15) is 5.10 Å². The number of ether oxygens (including phenoxy) is 1. The Morgan fingerprint density at radius 2 is 2.08 bits per heavy atom. The number of piperidine rings is 1. The summed E-state index contributed by atoms with van der Waals surface area (Å²) in [6.45, 7) is 5.28. The summed E-state index contributed by atoms with van der Waals surface area (Å²) in [4.78, 5) is 13.8. The number of hydrogen-bond donors (Lipinski definition) is 1. The van der Waals surface area contributed by atoms with Gasteiger partial charge in [-0.1, -0.05) is 0 Å². The summed E-state index contributed by atoms with van der Waals surface area (Å²) in [6.07, 6.45) is 5.12. The molecule has 3 rings (SSSR count). The molecular formula is C16H22N6O2. The average Bonchev–Trinajstić information content (AvgIpc) is 3.10. The molecule has 128 valence electrons. The van der Waals surface area contributed by atoms with Gasteiger partial charge in [-0.25, -0.2) is 9.48 Å². The maximum Gasteiger partial charge on any atom is 0.317 e. The molecule has 24 heavy (non-hydrogen) atoms. The topological polar surface area (TPSA) is 85.2 Å². The zero-order chi connectivity index (χ0) is 16.9. The van der Waals surface area contributed by atoms with Crippen LogP contribution in [0.4, 0.5) is 4.79 Å². The molecule has 2 aromatic rings. The molecule has 1 fully saturated rings. The van der Waals surface area contributed by atoms with Crippen molar-refractivity contribution in [1.29, 1.82) is 0 Å². The van der Waals surface area contributed by atoms with Crippen molar-refractivity contribution >= 4 is 6.03 Å². The summed E-state index contributed by atoms with van der Waals surface area (Å²) in [5, 5.41) is 15.2. The number of aromatic nitrogens is 4. The Labute approximate surface area is 140 Å². The summed E-state index contributed by atoms with van der Waals surface area (Å²) in [5.74, 6) is 1.14. The smallest absolute Gasteiger partial charge is 0.317 e. The standard InChI is InChI=1S/C16H22N6O2/c1-12(2)18-16(23)21-10-6-13(7-11-21)24-15-5-4-14(19-20-15)22-9-3-8-17-22/h3-5,8-9,12-13H,6-7,10-11H2,1-2H3,(H,18,23). The summed E-state index contributed by atoms with van der Waals surface area (Å²) in [5.41, 5.74) is 0. The van der Waals surface area contributed by atoms with Crippen molar-refractivity contribution in [3.05, 3.63) is 30.6 Å². The zero-order valence-electron chi connectivity index (χ0n) is 13.9. The monoisotopic (exact) mass is 330 g/mol. The number of likely N-dealkylation sites (tertiary alicyclic amines) is 1. The molecule has 0 radical (unpaired) electrons. The molecule has 0 bridgehead atoms. The summed E-state index contributed by atoms with van der Waals surface area (Å²) in [7, 11) is 0. The quantitative estimate of drug-likeness (QED) is 0.921. The molecular weight excluding hydrogens is 308 g/mol. The van der Waals surface area contributed by atoms with Crippen LogP contribution in [0.3, 0.4) is 0 Å². The van der Waals surface area contributed by atoms with Gasteiger partial charge >= 0.3 is 6.03 Å². The Hall–Kier alpha value is -2.64. The van der Waals surface area contributed by atoms with Crippen molar-refractivity contribution in [1.82, 2.24) is 30.2 Å². The summed E-state index contributed by atoms with van der Waals surface area (Å²) < 4.78 is 7.52. The summed E-state index contributed by atoms with van der Waals surface area (Å²) in [6, 6.07) is 5.58. The fourth-order valence-corrected chi connectivity index (χ4v) is 2.59. The Kier molecular flexibility index (Phi) is 4.93. The van der Waals surface area contributed by atoms with E-state index in [0.717, 1.165) is 12.8 Å². The van der Waals surface area contributed by atoms with Crippen LogP contribution in [-0.2, 0) is 0 Å². The lowest BCUT2D eigenvalue weighted by Crippen LogP contribution is -2.48. The Balaban J connectivity index is 1.50. The van der Waals surface area contributed by atoms with Crippen molar-refractivity contribution in [3.8, 4) is 11.7 Å². The second-order valence-corrected chi connectivity index (χ2v) is 6.09. The van der Waals surface area contributed by atoms with Gasteiger partial charge in [-0.05, 0) is 26.0 Å². The molecule has 2 amide bonds. The molecule has 3 heterocycles. The first-order valence-electron chi connectivity index (χ1n) is 8.17. The van der Waals surface area contributed by atoms with Crippen LogP contribution >= 0.6 is 0 Å². The minimum atomic E-state index is -0.00758. The molecule has 0 spiro atoms. The third kappa shape index (κ3) is 4.01. The van der Waals surface area contributed by atoms with Gasteiger partial charge in [-0.15, -0.1) is 10.2 Å². The van der Waals surface area contributed by atoms with Crippen molar-refractivity contribution in [2.24, 2.45) is 0 Å². The van der Waals surface area contributed by atoms with E-state index < -0.39 is 0 Å². The maximum absolute atomic E-state index is 12.0. The third-order valence-electron chi connectivity index (χ3n) is 3.79. The van der Waals surface area contributed by atoms with Crippen LogP contribution in [0.15, 0.2) is 30.6 Å². The first-order chi connectivity index (χ1) is 11.6. The van der Waals surface area contributed by atoms with E-state index >= 15 is 0 Å². The normalized spacial score (nSPS) is 15.5. The molecule has 0 atom stereocenters. The molecule has 8 heteroatoms. The van der Waals surface area contributed by atoms with Crippen molar-refractivity contribution < 1.29 is 9.53 Å². The van der Waals surface area contributed by atoms with E-state index in [9.17, 15) is 4.79 Å². The first kappa shape index (κ1) is 16.2. The van der Waals surface area contributed by atoms with Crippen LogP contribution in [0.25, 0.3) is 5.82 Å². The first-order valence-corrected chi connectivity index (χ1v) is 8.17. The van der Waals surface area contributed by atoms with Crippen molar-refractivity contribution in [3.63, 3.8) is 0 Å². The minimum absolute atomic E-state index is 0.00758. The number of nitrogens with zero attached hydrogens (tertiary/aromatic N) is 5. The lowest BCUT2D eigenvalue weighted by Gasteiger charge is -2.32. The van der Waals surface area contributed by atoms with E-state index in [2.05, 4.69) is 20.6 Å². The predicted octanol–water partition coefficient (Wildman–Crippen LogP) is 1.62. The van der Waals surface area contributed by atoms with Gasteiger partial charge < -0.3 is 15.0 Å². The number of urea groups is 1. The SMILES string of the molecule is CC(C)NC(=O)N1CCC(Oc2ccc(-n3cccn3)nn2)CC1. The second-order valence-electron chi connectivity index (χ2n) is 6.09. The number of nitrogens with one attached hydrogen (secondary N) is 1. The van der Waals surface area contributed by atoms with Crippen LogP contribution < -0.4 is 10.1 Å². The highest BCUT2D eigenvalue weighted by molar-refractivity contribution is 5.74. The van der Waals surface area contributed by atoms with Gasteiger partial charge in [0.05, 0.1) is 0 Å². The molecule has 8 nitrogen and oxygen atoms in total. The van der Waals surface area contributed by atoms with Crippen LogP contribution in [0, 0.1) is 0 Å². The Bertz CT molecular complexity index is 648. The van der Waals surface area contributed by atoms with Gasteiger partial charge in [0.1, 0.15) is 6.10 Å². The highest BCUT2D eigenvalue weighted by Gasteiger charge is 2.24. The van der Waals surface area contributed by atoms with Gasteiger partial charge in [0.2, 0.25) is 5.88 Å². The molecule has 0 unspecified atom stereocenters. The molecule has 1 saturated heterocycles. The molecule has 0 aromatic carbocycles. The number of hydrogen-bond acceptors (Lipinski definition) is 5. The molecule has 2 aromatic heterocycles. The van der Waals surface area contributed by atoms with E-state index in [-0.39, 0.29) is 18.2 Å². The van der Waals surface area contributed by atoms with Crippen LogP contribution in [-0.4, -0.2) is 56.1 Å². The largest absolute Gasteiger partial charge is 0.473 e. The van der Waals surface area contributed by atoms with E-state index in [1.54, 1.807) is 16.9 Å². The van der Waals surface area contributed by atoms with Crippen LogP contribution in [0.5, 0.6) is 5.88 Å². The van der Waals surface area contributed by atoms with Gasteiger partial charge in [-0.3, -0.25) is 0 Å². The fourth-order valence-electron chi connectivity index (χ4n) is 2.59. The van der Waals surface area contributed by atoms with E-state index in [1.807, 2.05) is 37.1 Å². The van der Waals surface area contributed by atoms with Crippen LogP contribution in [0.2, 0.25) is 0 Å². The number of carbonyl (C=O) groups is 1. The average molecular weight is 330 g/mol. The van der Waals surface area contributed by atoms with Crippen molar-refractivity contribution in [2.45, 2.75) is 38.8 Å². The molecule has 1 N–H and O–H groups in total. The molecule has 1 aliphatic rings. The fraction of sp³-hybridized carbons (Fsp3) is 0.500. The lowest BCUT2D eigenvalue weighted by atomic mass is 10.1. The highest BCUT2D eigenvalue weighted by atomic mass is 16.5. The highest BCUT2D eigenvalue weighted by Crippen LogP contribution is 2.17. The Morgan fingerprint density at radius 3 is 2.67 bits per heavy atom. The van der Waals surface area contributed by atoms with Gasteiger partial charge in [0, 0.05) is 50.4 Å². The summed E-state index contributed by atoms with van der Waals surface area (Å²) >= 11 is 0. The maximum atomic E-state index is 12.0. The third-order valence-corrected chi connectivity index (χ3v) is 3.79. The number of carbonyl (C=O) groups excluding carboxylic acids is 1. The Morgan fingerprint density at radius 1 is 1.29 bits per heavy atom. The van der Waals surface area contributed by atoms with Gasteiger partial charge in [0.25, 0.3) is 0 Å². The van der Waals surface area contributed by atoms with E-state index in [1.165, 1.54) is 0 Å².